The summed E-state index contributed by atoms with van der Waals surface area (Å²) < 4.78 is 13.8. The van der Waals surface area contributed by atoms with E-state index in [1.54, 1.807) is 12.1 Å². The van der Waals surface area contributed by atoms with Crippen molar-refractivity contribution in [1.29, 1.82) is 0 Å². The molecular weight excluding hydrogens is 229 g/mol. The SMILES string of the molecule is CC1CCN(C(C)c2ccc(O)cc2F)CC1C. The van der Waals surface area contributed by atoms with E-state index in [1.807, 2.05) is 6.92 Å². The van der Waals surface area contributed by atoms with Crippen molar-refractivity contribution in [2.24, 2.45) is 11.8 Å². The second-order valence-electron chi connectivity index (χ2n) is 5.62. The third-order valence-electron chi connectivity index (χ3n) is 4.35. The third kappa shape index (κ3) is 2.66. The van der Waals surface area contributed by atoms with Crippen LogP contribution in [0.2, 0.25) is 0 Å². The number of phenolic OH excluding ortho intramolecular Hbond substituents is 1. The van der Waals surface area contributed by atoms with Gasteiger partial charge in [-0.1, -0.05) is 19.9 Å². The van der Waals surface area contributed by atoms with Crippen LogP contribution in [0.15, 0.2) is 18.2 Å². The van der Waals surface area contributed by atoms with E-state index in [9.17, 15) is 9.50 Å². The molecule has 18 heavy (non-hydrogen) atoms. The molecule has 0 spiro atoms. The maximum atomic E-state index is 13.8. The van der Waals surface area contributed by atoms with Crippen molar-refractivity contribution in [3.8, 4) is 5.75 Å². The lowest BCUT2D eigenvalue weighted by molar-refractivity contribution is 0.101. The van der Waals surface area contributed by atoms with Crippen LogP contribution in [0.25, 0.3) is 0 Å². The summed E-state index contributed by atoms with van der Waals surface area (Å²) in [4.78, 5) is 2.33. The minimum atomic E-state index is -0.311. The molecule has 1 aliphatic heterocycles. The molecule has 1 aliphatic rings. The molecule has 3 unspecified atom stereocenters. The number of hydrogen-bond acceptors (Lipinski definition) is 2. The van der Waals surface area contributed by atoms with Gasteiger partial charge < -0.3 is 5.11 Å². The molecule has 1 N–H and O–H groups in total. The van der Waals surface area contributed by atoms with Crippen molar-refractivity contribution in [3.63, 3.8) is 0 Å². The van der Waals surface area contributed by atoms with Gasteiger partial charge in [-0.3, -0.25) is 4.90 Å². The number of aromatic hydroxyl groups is 1. The zero-order chi connectivity index (χ0) is 13.3. The zero-order valence-corrected chi connectivity index (χ0v) is 11.4. The van der Waals surface area contributed by atoms with Crippen LogP contribution in [-0.2, 0) is 0 Å². The van der Waals surface area contributed by atoms with Gasteiger partial charge in [0.2, 0.25) is 0 Å². The lowest BCUT2D eigenvalue weighted by Crippen LogP contribution is -2.40. The van der Waals surface area contributed by atoms with E-state index in [-0.39, 0.29) is 17.6 Å². The van der Waals surface area contributed by atoms with E-state index in [2.05, 4.69) is 18.7 Å². The van der Waals surface area contributed by atoms with Crippen LogP contribution in [0.4, 0.5) is 4.39 Å². The van der Waals surface area contributed by atoms with Crippen LogP contribution >= 0.6 is 0 Å². The van der Waals surface area contributed by atoms with Gasteiger partial charge in [0.1, 0.15) is 11.6 Å². The van der Waals surface area contributed by atoms with Crippen molar-refractivity contribution >= 4 is 0 Å². The predicted octanol–water partition coefficient (Wildman–Crippen LogP) is 3.57. The summed E-state index contributed by atoms with van der Waals surface area (Å²) in [5, 5.41) is 9.25. The topological polar surface area (TPSA) is 23.5 Å². The Hall–Kier alpha value is -1.09. The summed E-state index contributed by atoms with van der Waals surface area (Å²) in [6.07, 6.45) is 1.17. The van der Waals surface area contributed by atoms with E-state index in [0.29, 0.717) is 11.5 Å². The van der Waals surface area contributed by atoms with Crippen LogP contribution < -0.4 is 0 Å². The standard InChI is InChI=1S/C15H22FNO/c1-10-6-7-17(9-11(10)2)12(3)14-5-4-13(18)8-15(14)16/h4-5,8,10-12,18H,6-7,9H2,1-3H3. The average molecular weight is 251 g/mol. The van der Waals surface area contributed by atoms with E-state index < -0.39 is 0 Å². The molecule has 1 heterocycles. The van der Waals surface area contributed by atoms with E-state index >= 15 is 0 Å². The van der Waals surface area contributed by atoms with E-state index in [1.165, 1.54) is 12.5 Å². The molecule has 1 aromatic rings. The number of hydrogen-bond donors (Lipinski definition) is 1. The highest BCUT2D eigenvalue weighted by Gasteiger charge is 2.27. The van der Waals surface area contributed by atoms with Gasteiger partial charge >= 0.3 is 0 Å². The molecule has 0 bridgehead atoms. The molecule has 1 fully saturated rings. The van der Waals surface area contributed by atoms with Gasteiger partial charge in [0.05, 0.1) is 0 Å². The molecule has 1 saturated heterocycles. The lowest BCUT2D eigenvalue weighted by Gasteiger charge is -2.39. The Balaban J connectivity index is 2.13. The van der Waals surface area contributed by atoms with Crippen LogP contribution in [0.5, 0.6) is 5.75 Å². The molecule has 0 aliphatic carbocycles. The largest absolute Gasteiger partial charge is 0.508 e. The Bertz CT molecular complexity index is 421. The smallest absolute Gasteiger partial charge is 0.131 e. The number of likely N-dealkylation sites (tertiary alicyclic amines) is 1. The van der Waals surface area contributed by atoms with Crippen molar-refractivity contribution in [2.45, 2.75) is 33.2 Å². The molecule has 0 saturated carbocycles. The van der Waals surface area contributed by atoms with Crippen LogP contribution in [-0.4, -0.2) is 23.1 Å². The molecule has 0 aromatic heterocycles. The first kappa shape index (κ1) is 13.3. The average Bonchev–Trinajstić information content (AvgIpc) is 2.32. The highest BCUT2D eigenvalue weighted by molar-refractivity contribution is 5.29. The summed E-state index contributed by atoms with van der Waals surface area (Å²) in [6, 6.07) is 4.52. The monoisotopic (exact) mass is 251 g/mol. The van der Waals surface area contributed by atoms with Gasteiger partial charge in [-0.15, -0.1) is 0 Å². The minimum Gasteiger partial charge on any atom is -0.508 e. The number of piperidine rings is 1. The van der Waals surface area contributed by atoms with Gasteiger partial charge in [0.25, 0.3) is 0 Å². The van der Waals surface area contributed by atoms with Crippen molar-refractivity contribution in [1.82, 2.24) is 4.90 Å². The van der Waals surface area contributed by atoms with Gasteiger partial charge in [0, 0.05) is 24.2 Å². The molecule has 1 aromatic carbocycles. The Labute approximate surface area is 108 Å². The quantitative estimate of drug-likeness (QED) is 0.868. The van der Waals surface area contributed by atoms with Crippen molar-refractivity contribution in [2.75, 3.05) is 13.1 Å². The number of nitrogens with zero attached hydrogens (tertiary/aromatic N) is 1. The van der Waals surface area contributed by atoms with Crippen LogP contribution in [0.1, 0.15) is 38.8 Å². The maximum absolute atomic E-state index is 13.8. The number of rotatable bonds is 2. The Morgan fingerprint density at radius 3 is 2.67 bits per heavy atom. The van der Waals surface area contributed by atoms with Crippen LogP contribution in [0, 0.1) is 17.7 Å². The van der Waals surface area contributed by atoms with Gasteiger partial charge in [-0.2, -0.15) is 0 Å². The number of halogens is 1. The minimum absolute atomic E-state index is 0.0101. The number of phenols is 1. The Kier molecular flexibility index (Phi) is 3.91. The van der Waals surface area contributed by atoms with Crippen LogP contribution in [0.3, 0.4) is 0 Å². The molecular formula is C15H22FNO. The fourth-order valence-electron chi connectivity index (χ4n) is 2.70. The highest BCUT2D eigenvalue weighted by atomic mass is 19.1. The lowest BCUT2D eigenvalue weighted by atomic mass is 9.87. The van der Waals surface area contributed by atoms with Gasteiger partial charge in [-0.25, -0.2) is 4.39 Å². The molecule has 3 atom stereocenters. The molecule has 0 amide bonds. The van der Waals surface area contributed by atoms with Crippen molar-refractivity contribution in [3.05, 3.63) is 29.6 Å². The molecule has 3 heteroatoms. The molecule has 100 valence electrons. The zero-order valence-electron chi connectivity index (χ0n) is 11.4. The normalized spacial score (nSPS) is 27.1. The maximum Gasteiger partial charge on any atom is 0.131 e. The van der Waals surface area contributed by atoms with Crippen molar-refractivity contribution < 1.29 is 9.50 Å². The molecule has 2 rings (SSSR count). The third-order valence-corrected chi connectivity index (χ3v) is 4.35. The highest BCUT2D eigenvalue weighted by Crippen LogP contribution is 2.31. The Morgan fingerprint density at radius 1 is 1.33 bits per heavy atom. The molecule has 2 nitrogen and oxygen atoms in total. The predicted molar refractivity (Wildman–Crippen MR) is 71.0 cm³/mol. The summed E-state index contributed by atoms with van der Waals surface area (Å²) in [5.74, 6) is 1.08. The summed E-state index contributed by atoms with van der Waals surface area (Å²) in [7, 11) is 0. The van der Waals surface area contributed by atoms with Gasteiger partial charge in [0.15, 0.2) is 0 Å². The Morgan fingerprint density at radius 2 is 2.06 bits per heavy atom. The fourth-order valence-corrected chi connectivity index (χ4v) is 2.70. The first-order valence-corrected chi connectivity index (χ1v) is 6.71. The summed E-state index contributed by atoms with van der Waals surface area (Å²) in [5.41, 5.74) is 0.676. The molecule has 0 radical (unpaired) electrons. The van der Waals surface area contributed by atoms with Gasteiger partial charge in [-0.05, 0) is 37.8 Å². The fraction of sp³-hybridized carbons (Fsp3) is 0.600. The first-order chi connectivity index (χ1) is 8.49. The number of benzene rings is 1. The second kappa shape index (κ2) is 5.27. The second-order valence-corrected chi connectivity index (χ2v) is 5.62. The first-order valence-electron chi connectivity index (χ1n) is 6.71. The summed E-state index contributed by atoms with van der Waals surface area (Å²) >= 11 is 0. The van der Waals surface area contributed by atoms with E-state index in [0.717, 1.165) is 19.0 Å². The van der Waals surface area contributed by atoms with E-state index in [4.69, 9.17) is 0 Å². The summed E-state index contributed by atoms with van der Waals surface area (Å²) in [6.45, 7) is 8.62.